The molecular weight excluding hydrogens is 506 g/mol. The zero-order valence-electron chi connectivity index (χ0n) is 17.5. The summed E-state index contributed by atoms with van der Waals surface area (Å²) in [5.74, 6) is 3.82. The van der Waals surface area contributed by atoms with Crippen LogP contribution in [0.1, 0.15) is 30.4 Å². The predicted molar refractivity (Wildman–Crippen MR) is 134 cm³/mol. The van der Waals surface area contributed by atoms with Crippen molar-refractivity contribution in [3.8, 4) is 23.0 Å². The summed E-state index contributed by atoms with van der Waals surface area (Å²) < 4.78 is 14.5. The monoisotopic (exact) mass is 532 g/mol. The summed E-state index contributed by atoms with van der Waals surface area (Å²) in [6, 6.07) is 33.3. The van der Waals surface area contributed by atoms with Gasteiger partial charge in [-0.1, -0.05) is 0 Å². The molecule has 0 heterocycles. The van der Waals surface area contributed by atoms with Gasteiger partial charge in [-0.05, 0) is 0 Å². The predicted octanol–water partition coefficient (Wildman–Crippen LogP) is 4.33. The molecule has 0 fully saturated rings. The van der Waals surface area contributed by atoms with Crippen LogP contribution in [0.4, 0.5) is 0 Å². The van der Waals surface area contributed by atoms with Crippen LogP contribution in [0.5, 0.6) is 23.0 Å². The molecule has 4 rings (SSSR count). The van der Waals surface area contributed by atoms with Crippen molar-refractivity contribution >= 4 is 42.4 Å². The van der Waals surface area contributed by atoms with E-state index in [9.17, 15) is 0 Å². The van der Waals surface area contributed by atoms with Gasteiger partial charge in [-0.25, -0.2) is 0 Å². The molecular formula is C27H26As2O2. The van der Waals surface area contributed by atoms with Gasteiger partial charge in [-0.3, -0.25) is 0 Å². The Balaban J connectivity index is 1.46. The summed E-state index contributed by atoms with van der Waals surface area (Å²) >= 11 is 3.20. The summed E-state index contributed by atoms with van der Waals surface area (Å²) in [5.41, 5.74) is 2.58. The van der Waals surface area contributed by atoms with Crippen LogP contribution in [0.2, 0.25) is 0 Å². The Labute approximate surface area is 201 Å². The Morgan fingerprint density at radius 2 is 1.00 bits per heavy atom. The van der Waals surface area contributed by atoms with Crippen LogP contribution in [-0.2, 0) is 0 Å². The van der Waals surface area contributed by atoms with Crippen LogP contribution >= 0.6 is 0 Å². The molecule has 0 N–H and O–H groups in total. The van der Waals surface area contributed by atoms with Crippen LogP contribution in [0.15, 0.2) is 97.1 Å². The molecule has 156 valence electrons. The summed E-state index contributed by atoms with van der Waals surface area (Å²) in [6.07, 6.45) is 1.03. The van der Waals surface area contributed by atoms with E-state index < -0.39 is 0 Å². The van der Waals surface area contributed by atoms with E-state index >= 15 is 0 Å². The van der Waals surface area contributed by atoms with E-state index in [1.807, 2.05) is 24.3 Å². The van der Waals surface area contributed by atoms with Gasteiger partial charge in [-0.2, -0.15) is 0 Å². The summed E-state index contributed by atoms with van der Waals surface area (Å²) in [5, 5.41) is 0. The second kappa shape index (κ2) is 10.3. The molecule has 0 aromatic heterocycles. The quantitative estimate of drug-likeness (QED) is 0.330. The van der Waals surface area contributed by atoms with Crippen molar-refractivity contribution in [3.63, 3.8) is 0 Å². The van der Waals surface area contributed by atoms with E-state index in [4.69, 9.17) is 9.47 Å². The Morgan fingerprint density at radius 3 is 1.35 bits per heavy atom. The summed E-state index contributed by atoms with van der Waals surface area (Å²) in [4.78, 5) is 0. The van der Waals surface area contributed by atoms with Gasteiger partial charge in [-0.15, -0.1) is 0 Å². The molecule has 0 radical (unpaired) electrons. The van der Waals surface area contributed by atoms with Crippen molar-refractivity contribution in [2.45, 2.75) is 19.3 Å². The fourth-order valence-electron chi connectivity index (χ4n) is 3.63. The third kappa shape index (κ3) is 5.85. The molecule has 31 heavy (non-hydrogen) atoms. The van der Waals surface area contributed by atoms with E-state index in [-0.39, 0.29) is 0 Å². The molecule has 4 aromatic rings. The van der Waals surface area contributed by atoms with Crippen LogP contribution in [0.25, 0.3) is 0 Å². The van der Waals surface area contributed by atoms with Gasteiger partial charge in [0.25, 0.3) is 0 Å². The number of rotatable bonds is 7. The molecule has 4 aromatic carbocycles. The topological polar surface area (TPSA) is 18.5 Å². The van der Waals surface area contributed by atoms with Gasteiger partial charge >= 0.3 is 202 Å². The van der Waals surface area contributed by atoms with Crippen molar-refractivity contribution in [1.82, 2.24) is 0 Å². The molecule has 0 saturated heterocycles. The van der Waals surface area contributed by atoms with Gasteiger partial charge in [0.05, 0.1) is 0 Å². The van der Waals surface area contributed by atoms with Crippen molar-refractivity contribution in [1.29, 1.82) is 0 Å². The maximum absolute atomic E-state index is 6.01. The fourth-order valence-corrected chi connectivity index (χ4v) is 4.78. The third-order valence-electron chi connectivity index (χ3n) is 5.16. The SMILES string of the molecule is CCC(c1ccc(Oc2cccc([AsH2])c2)cc1)c1ccc(Oc2cccc([AsH2])c2)cc1. The molecule has 0 aliphatic heterocycles. The number of hydrogen-bond acceptors (Lipinski definition) is 2. The van der Waals surface area contributed by atoms with E-state index in [1.54, 1.807) is 33.7 Å². The van der Waals surface area contributed by atoms with Gasteiger partial charge in [0.2, 0.25) is 0 Å². The van der Waals surface area contributed by atoms with E-state index in [1.165, 1.54) is 19.8 Å². The van der Waals surface area contributed by atoms with Crippen molar-refractivity contribution in [2.75, 3.05) is 0 Å². The maximum atomic E-state index is 6.01. The Hall–Kier alpha value is -2.40. The Bertz CT molecular complexity index is 1050. The van der Waals surface area contributed by atoms with Gasteiger partial charge in [0.1, 0.15) is 0 Å². The van der Waals surface area contributed by atoms with Crippen LogP contribution < -0.4 is 18.2 Å². The van der Waals surface area contributed by atoms with Crippen LogP contribution in [0.3, 0.4) is 0 Å². The Morgan fingerprint density at radius 1 is 0.581 bits per heavy atom. The number of hydrogen-bond donors (Lipinski definition) is 0. The first-order valence-electron chi connectivity index (χ1n) is 10.4. The summed E-state index contributed by atoms with van der Waals surface area (Å²) in [6.45, 7) is 2.22. The van der Waals surface area contributed by atoms with Crippen LogP contribution in [0, 0.1) is 0 Å². The summed E-state index contributed by atoms with van der Waals surface area (Å²) in [7, 11) is 0. The zero-order valence-corrected chi connectivity index (χ0v) is 22.3. The average Bonchev–Trinajstić information content (AvgIpc) is 2.77. The molecule has 2 nitrogen and oxygen atoms in total. The normalized spacial score (nSPS) is 10.8. The standard InChI is InChI=1S/C27H26As2O2/c1-2-27(19-9-13-23(14-10-19)30-25-7-3-5-21(28)17-25)20-11-15-24(16-12-20)31-26-8-4-6-22(29)18-26/h3-18,27H,2,28-29H2,1H3. The average molecular weight is 532 g/mol. The van der Waals surface area contributed by atoms with E-state index in [2.05, 4.69) is 79.7 Å². The first-order chi connectivity index (χ1) is 15.1. The molecule has 0 amide bonds. The molecule has 2 unspecified atom stereocenters. The Kier molecular flexibility index (Phi) is 7.23. The first kappa shape index (κ1) is 21.8. The molecule has 0 spiro atoms. The molecule has 0 aliphatic rings. The second-order valence-electron chi connectivity index (χ2n) is 7.45. The van der Waals surface area contributed by atoms with E-state index in [0.717, 1.165) is 29.4 Å². The first-order valence-corrected chi connectivity index (χ1v) is 12.8. The minimum absolute atomic E-state index is 0.339. The molecule has 2 atom stereocenters. The number of ether oxygens (including phenoxy) is 2. The van der Waals surface area contributed by atoms with E-state index in [0.29, 0.717) is 5.92 Å². The second-order valence-corrected chi connectivity index (χ2v) is 10.2. The fraction of sp³-hybridized carbons (Fsp3) is 0.111. The molecule has 0 aliphatic carbocycles. The zero-order chi connectivity index (χ0) is 21.6. The third-order valence-corrected chi connectivity index (χ3v) is 6.67. The van der Waals surface area contributed by atoms with Crippen molar-refractivity contribution in [2.24, 2.45) is 0 Å². The molecule has 4 heteroatoms. The minimum atomic E-state index is 0.339. The van der Waals surface area contributed by atoms with Gasteiger partial charge < -0.3 is 0 Å². The van der Waals surface area contributed by atoms with Gasteiger partial charge in [0.15, 0.2) is 0 Å². The van der Waals surface area contributed by atoms with Crippen molar-refractivity contribution < 1.29 is 9.47 Å². The van der Waals surface area contributed by atoms with Crippen LogP contribution in [-0.4, -0.2) is 33.7 Å². The van der Waals surface area contributed by atoms with Crippen molar-refractivity contribution in [3.05, 3.63) is 108 Å². The number of benzene rings is 4. The molecule has 0 bridgehead atoms. The molecule has 0 saturated carbocycles. The van der Waals surface area contributed by atoms with Gasteiger partial charge in [0, 0.05) is 0 Å².